The summed E-state index contributed by atoms with van der Waals surface area (Å²) in [6.07, 6.45) is 1.49. The van der Waals surface area contributed by atoms with Gasteiger partial charge in [-0.25, -0.2) is 17.8 Å². The van der Waals surface area contributed by atoms with E-state index in [-0.39, 0.29) is 4.90 Å². The van der Waals surface area contributed by atoms with Crippen LogP contribution in [0.3, 0.4) is 0 Å². The number of sulfonamides is 1. The fraction of sp³-hybridized carbons (Fsp3) is 0.312. The summed E-state index contributed by atoms with van der Waals surface area (Å²) in [5.41, 5.74) is 0.372. The van der Waals surface area contributed by atoms with Crippen LogP contribution in [-0.4, -0.2) is 51.5 Å². The number of pyridine rings is 1. The number of piperazine rings is 1. The van der Waals surface area contributed by atoms with Gasteiger partial charge in [-0.2, -0.15) is 0 Å². The fourth-order valence-corrected chi connectivity index (χ4v) is 3.54. The van der Waals surface area contributed by atoms with E-state index in [2.05, 4.69) is 26.6 Å². The Bertz CT molecular complexity index is 786. The fourth-order valence-electron chi connectivity index (χ4n) is 2.50. The highest BCUT2D eigenvalue weighted by atomic mass is 32.2. The molecule has 0 amide bonds. The second kappa shape index (κ2) is 6.74. The van der Waals surface area contributed by atoms with Crippen LogP contribution < -0.4 is 9.62 Å². The molecule has 2 heterocycles. The van der Waals surface area contributed by atoms with Gasteiger partial charge in [-0.3, -0.25) is 4.72 Å². The predicted molar refractivity (Wildman–Crippen MR) is 91.2 cm³/mol. The first-order valence-electron chi connectivity index (χ1n) is 7.62. The zero-order valence-electron chi connectivity index (χ0n) is 13.3. The van der Waals surface area contributed by atoms with E-state index in [0.29, 0.717) is 5.69 Å². The van der Waals surface area contributed by atoms with Crippen LogP contribution in [0, 0.1) is 5.82 Å². The van der Waals surface area contributed by atoms with E-state index in [4.69, 9.17) is 0 Å². The van der Waals surface area contributed by atoms with Gasteiger partial charge in [0.2, 0.25) is 0 Å². The third-order valence-corrected chi connectivity index (χ3v) is 5.35. The molecule has 6 nitrogen and oxygen atoms in total. The van der Waals surface area contributed by atoms with Crippen LogP contribution in [0.1, 0.15) is 0 Å². The highest BCUT2D eigenvalue weighted by Crippen LogP contribution is 2.19. The van der Waals surface area contributed by atoms with Gasteiger partial charge in [-0.05, 0) is 43.4 Å². The largest absolute Gasteiger partial charge is 0.354 e. The molecule has 0 saturated carbocycles. The van der Waals surface area contributed by atoms with E-state index in [9.17, 15) is 12.8 Å². The molecule has 1 aliphatic rings. The number of benzene rings is 1. The van der Waals surface area contributed by atoms with Gasteiger partial charge < -0.3 is 9.80 Å². The maximum Gasteiger partial charge on any atom is 0.261 e. The van der Waals surface area contributed by atoms with Crippen LogP contribution in [0.2, 0.25) is 0 Å². The van der Waals surface area contributed by atoms with Crippen LogP contribution in [-0.2, 0) is 10.0 Å². The van der Waals surface area contributed by atoms with Crippen molar-refractivity contribution in [2.45, 2.75) is 4.90 Å². The molecule has 24 heavy (non-hydrogen) atoms. The lowest BCUT2D eigenvalue weighted by Crippen LogP contribution is -2.44. The Labute approximate surface area is 141 Å². The molecule has 1 saturated heterocycles. The minimum Gasteiger partial charge on any atom is -0.354 e. The van der Waals surface area contributed by atoms with E-state index in [0.717, 1.165) is 44.1 Å². The van der Waals surface area contributed by atoms with E-state index in [1.807, 2.05) is 0 Å². The first-order valence-corrected chi connectivity index (χ1v) is 9.10. The van der Waals surface area contributed by atoms with Gasteiger partial charge in [0.1, 0.15) is 11.6 Å². The van der Waals surface area contributed by atoms with Crippen molar-refractivity contribution in [1.29, 1.82) is 0 Å². The molecule has 8 heteroatoms. The first-order chi connectivity index (χ1) is 11.4. The van der Waals surface area contributed by atoms with Crippen molar-refractivity contribution < 1.29 is 12.8 Å². The third-order valence-electron chi connectivity index (χ3n) is 3.95. The Morgan fingerprint density at radius 1 is 1.04 bits per heavy atom. The van der Waals surface area contributed by atoms with E-state index in [1.165, 1.54) is 18.3 Å². The van der Waals surface area contributed by atoms with E-state index < -0.39 is 15.8 Å². The second-order valence-corrected chi connectivity index (χ2v) is 7.44. The molecule has 1 aromatic carbocycles. The van der Waals surface area contributed by atoms with Crippen molar-refractivity contribution in [1.82, 2.24) is 9.88 Å². The van der Waals surface area contributed by atoms with Crippen LogP contribution >= 0.6 is 0 Å². The SMILES string of the molecule is CN1CCN(c2ccc(NS(=O)(=O)c3ccc(F)cc3)cn2)CC1. The molecule has 0 aliphatic carbocycles. The quantitative estimate of drug-likeness (QED) is 0.910. The van der Waals surface area contributed by atoms with Gasteiger partial charge in [0.25, 0.3) is 10.0 Å². The Morgan fingerprint density at radius 3 is 2.29 bits per heavy atom. The lowest BCUT2D eigenvalue weighted by molar-refractivity contribution is 0.312. The molecule has 3 rings (SSSR count). The summed E-state index contributed by atoms with van der Waals surface area (Å²) >= 11 is 0. The number of rotatable bonds is 4. The summed E-state index contributed by atoms with van der Waals surface area (Å²) in [5, 5.41) is 0. The standard InChI is InChI=1S/C16H19FN4O2S/c1-20-8-10-21(11-9-20)16-7-4-14(12-18-16)19-24(22,23)15-5-2-13(17)3-6-15/h2-7,12,19H,8-11H2,1H3. The van der Waals surface area contributed by atoms with E-state index in [1.54, 1.807) is 12.1 Å². The highest BCUT2D eigenvalue weighted by molar-refractivity contribution is 7.92. The number of nitrogens with one attached hydrogen (secondary N) is 1. The molecule has 1 N–H and O–H groups in total. The molecule has 0 radical (unpaired) electrons. The number of likely N-dealkylation sites (N-methyl/N-ethyl adjacent to an activating group) is 1. The minimum atomic E-state index is -3.75. The second-order valence-electron chi connectivity index (χ2n) is 5.75. The van der Waals surface area contributed by atoms with Crippen molar-refractivity contribution in [3.05, 3.63) is 48.4 Å². The van der Waals surface area contributed by atoms with Gasteiger partial charge in [0, 0.05) is 26.2 Å². The number of halogens is 1. The summed E-state index contributed by atoms with van der Waals surface area (Å²) in [4.78, 5) is 8.76. The Kier molecular flexibility index (Phi) is 4.68. The topological polar surface area (TPSA) is 65.5 Å². The summed E-state index contributed by atoms with van der Waals surface area (Å²) in [5.74, 6) is 0.347. The molecule has 1 aliphatic heterocycles. The number of hydrogen-bond donors (Lipinski definition) is 1. The number of nitrogens with zero attached hydrogens (tertiary/aromatic N) is 3. The predicted octanol–water partition coefficient (Wildman–Crippen LogP) is 1.77. The molecule has 0 bridgehead atoms. The molecular weight excluding hydrogens is 331 g/mol. The molecular formula is C16H19FN4O2S. The van der Waals surface area contributed by atoms with Gasteiger partial charge in [-0.15, -0.1) is 0 Å². The smallest absolute Gasteiger partial charge is 0.261 e. The molecule has 1 fully saturated rings. The third kappa shape index (κ3) is 3.82. The lowest BCUT2D eigenvalue weighted by atomic mass is 10.3. The zero-order valence-corrected chi connectivity index (χ0v) is 14.1. The van der Waals surface area contributed by atoms with Crippen LogP contribution in [0.25, 0.3) is 0 Å². The van der Waals surface area contributed by atoms with Crippen LogP contribution in [0.5, 0.6) is 0 Å². The summed E-state index contributed by atoms with van der Waals surface area (Å²) < 4.78 is 39.9. The number of anilines is 2. The van der Waals surface area contributed by atoms with Gasteiger partial charge in [0.15, 0.2) is 0 Å². The van der Waals surface area contributed by atoms with Crippen molar-refractivity contribution in [2.75, 3.05) is 42.8 Å². The molecule has 128 valence electrons. The van der Waals surface area contributed by atoms with Crippen LogP contribution in [0.15, 0.2) is 47.5 Å². The maximum absolute atomic E-state index is 12.9. The molecule has 0 unspecified atom stereocenters. The Morgan fingerprint density at radius 2 is 1.71 bits per heavy atom. The van der Waals surface area contributed by atoms with Gasteiger partial charge in [-0.1, -0.05) is 0 Å². The Hall–Kier alpha value is -2.19. The van der Waals surface area contributed by atoms with Gasteiger partial charge >= 0.3 is 0 Å². The average molecular weight is 350 g/mol. The lowest BCUT2D eigenvalue weighted by Gasteiger charge is -2.33. The van der Waals surface area contributed by atoms with Crippen molar-refractivity contribution >= 4 is 21.5 Å². The summed E-state index contributed by atoms with van der Waals surface area (Å²) in [6, 6.07) is 8.16. The minimum absolute atomic E-state index is 0.00652. The van der Waals surface area contributed by atoms with Crippen molar-refractivity contribution in [3.8, 4) is 0 Å². The van der Waals surface area contributed by atoms with E-state index >= 15 is 0 Å². The maximum atomic E-state index is 12.9. The molecule has 0 atom stereocenters. The monoisotopic (exact) mass is 350 g/mol. The molecule has 1 aromatic heterocycles. The first kappa shape index (κ1) is 16.7. The van der Waals surface area contributed by atoms with Crippen LogP contribution in [0.4, 0.5) is 15.9 Å². The summed E-state index contributed by atoms with van der Waals surface area (Å²) in [6.45, 7) is 3.73. The zero-order chi connectivity index (χ0) is 17.2. The Balaban J connectivity index is 1.70. The van der Waals surface area contributed by atoms with Gasteiger partial charge in [0.05, 0.1) is 16.8 Å². The van der Waals surface area contributed by atoms with Crippen molar-refractivity contribution in [2.24, 2.45) is 0 Å². The number of aromatic nitrogens is 1. The summed E-state index contributed by atoms with van der Waals surface area (Å²) in [7, 11) is -1.67. The number of hydrogen-bond acceptors (Lipinski definition) is 5. The highest BCUT2D eigenvalue weighted by Gasteiger charge is 2.17. The van der Waals surface area contributed by atoms with Crippen molar-refractivity contribution in [3.63, 3.8) is 0 Å². The molecule has 0 spiro atoms. The average Bonchev–Trinajstić information content (AvgIpc) is 2.56. The normalized spacial score (nSPS) is 16.2. The molecule has 2 aromatic rings.